The monoisotopic (exact) mass is 370 g/mol. The first-order valence-corrected chi connectivity index (χ1v) is 8.93. The molecule has 0 unspecified atom stereocenters. The predicted octanol–water partition coefficient (Wildman–Crippen LogP) is 2.06. The van der Waals surface area contributed by atoms with Crippen LogP contribution >= 0.6 is 11.3 Å². The van der Waals surface area contributed by atoms with Gasteiger partial charge >= 0.3 is 0 Å². The summed E-state index contributed by atoms with van der Waals surface area (Å²) in [5, 5.41) is 10.9. The Labute approximate surface area is 154 Å². The van der Waals surface area contributed by atoms with Crippen LogP contribution in [0.15, 0.2) is 36.7 Å². The second-order valence-electron chi connectivity index (χ2n) is 5.65. The zero-order valence-electron chi connectivity index (χ0n) is 14.4. The van der Waals surface area contributed by atoms with E-state index >= 15 is 0 Å². The number of carbonyl (C=O) groups is 2. The van der Waals surface area contributed by atoms with Gasteiger partial charge in [-0.2, -0.15) is 0 Å². The van der Waals surface area contributed by atoms with Crippen molar-refractivity contribution in [3.05, 3.63) is 57.5 Å². The van der Waals surface area contributed by atoms with Crippen molar-refractivity contribution in [3.8, 4) is 5.69 Å². The highest BCUT2D eigenvalue weighted by atomic mass is 32.1. The molecule has 0 fully saturated rings. The average Bonchev–Trinajstić information content (AvgIpc) is 3.30. The maximum atomic E-state index is 12.2. The van der Waals surface area contributed by atoms with E-state index in [1.807, 2.05) is 13.0 Å². The Hall–Kier alpha value is -3.07. The molecule has 2 aromatic heterocycles. The predicted molar refractivity (Wildman–Crippen MR) is 97.1 cm³/mol. The van der Waals surface area contributed by atoms with Crippen molar-refractivity contribution in [1.29, 1.82) is 0 Å². The lowest BCUT2D eigenvalue weighted by Crippen LogP contribution is -2.41. The number of rotatable bonds is 5. The zero-order chi connectivity index (χ0) is 18.5. The summed E-state index contributed by atoms with van der Waals surface area (Å²) in [5.41, 5.74) is 7.21. The summed E-state index contributed by atoms with van der Waals surface area (Å²) in [6.07, 6.45) is 3.43. The van der Waals surface area contributed by atoms with Gasteiger partial charge in [0.15, 0.2) is 0 Å². The Kier molecular flexibility index (Phi) is 5.37. The third-order valence-corrected chi connectivity index (χ3v) is 4.89. The molecule has 0 atom stereocenters. The number of aromatic nitrogens is 4. The van der Waals surface area contributed by atoms with Crippen LogP contribution in [-0.2, 0) is 6.42 Å². The Morgan fingerprint density at radius 3 is 2.54 bits per heavy atom. The number of thiophene rings is 1. The van der Waals surface area contributed by atoms with Gasteiger partial charge in [-0.25, -0.2) is 4.68 Å². The molecule has 2 amide bonds. The van der Waals surface area contributed by atoms with Gasteiger partial charge in [-0.1, -0.05) is 13.3 Å². The molecule has 134 valence electrons. The van der Waals surface area contributed by atoms with Crippen LogP contribution in [0.2, 0.25) is 0 Å². The molecule has 0 saturated heterocycles. The van der Waals surface area contributed by atoms with Gasteiger partial charge in [-0.15, -0.1) is 16.4 Å². The first-order valence-electron chi connectivity index (χ1n) is 8.12. The van der Waals surface area contributed by atoms with E-state index in [1.165, 1.54) is 27.9 Å². The Morgan fingerprint density at radius 2 is 1.88 bits per heavy atom. The summed E-state index contributed by atoms with van der Waals surface area (Å²) < 4.78 is 1.48. The molecule has 0 aliphatic rings. The number of amides is 2. The van der Waals surface area contributed by atoms with Gasteiger partial charge in [0.05, 0.1) is 10.6 Å². The normalized spacial score (nSPS) is 10.5. The van der Waals surface area contributed by atoms with Crippen LogP contribution in [0.5, 0.6) is 0 Å². The maximum Gasteiger partial charge on any atom is 0.279 e. The fourth-order valence-electron chi connectivity index (χ4n) is 2.44. The fourth-order valence-corrected chi connectivity index (χ4v) is 3.41. The quantitative estimate of drug-likeness (QED) is 0.670. The van der Waals surface area contributed by atoms with E-state index in [2.05, 4.69) is 33.3 Å². The minimum absolute atomic E-state index is 0.320. The molecule has 0 radical (unpaired) electrons. The van der Waals surface area contributed by atoms with Gasteiger partial charge in [0, 0.05) is 10.4 Å². The molecule has 2 heterocycles. The summed E-state index contributed by atoms with van der Waals surface area (Å²) in [6, 6.07) is 8.58. The van der Waals surface area contributed by atoms with Crippen LogP contribution < -0.4 is 10.9 Å². The molecule has 1 aromatic carbocycles. The van der Waals surface area contributed by atoms with Crippen molar-refractivity contribution in [2.24, 2.45) is 0 Å². The highest BCUT2D eigenvalue weighted by Gasteiger charge is 2.13. The standard InChI is InChI=1S/C17H18N6O2S/c1-3-4-13-9-15(26-11(13)2)17(25)20-19-16(24)12-5-7-14(8-6-12)23-10-18-21-22-23/h5-10H,3-4H2,1-2H3,(H,19,24)(H,20,25). The molecule has 0 spiro atoms. The summed E-state index contributed by atoms with van der Waals surface area (Å²) in [6.45, 7) is 4.10. The topological polar surface area (TPSA) is 102 Å². The molecule has 3 rings (SSSR count). The van der Waals surface area contributed by atoms with Crippen LogP contribution in [0.25, 0.3) is 5.69 Å². The first kappa shape index (κ1) is 17.7. The molecule has 3 aromatic rings. The Balaban J connectivity index is 1.59. The second-order valence-corrected chi connectivity index (χ2v) is 6.91. The number of tetrazole rings is 1. The van der Waals surface area contributed by atoms with E-state index in [1.54, 1.807) is 24.3 Å². The number of nitrogens with zero attached hydrogens (tertiary/aromatic N) is 4. The van der Waals surface area contributed by atoms with Crippen molar-refractivity contribution in [3.63, 3.8) is 0 Å². The number of hydrogen-bond acceptors (Lipinski definition) is 6. The molecule has 0 saturated carbocycles. The van der Waals surface area contributed by atoms with Gasteiger partial charge in [0.2, 0.25) is 0 Å². The Morgan fingerprint density at radius 1 is 1.15 bits per heavy atom. The molecule has 8 nitrogen and oxygen atoms in total. The van der Waals surface area contributed by atoms with Crippen molar-refractivity contribution in [2.75, 3.05) is 0 Å². The number of benzene rings is 1. The first-order chi connectivity index (χ1) is 12.6. The summed E-state index contributed by atoms with van der Waals surface area (Å²) in [7, 11) is 0. The van der Waals surface area contributed by atoms with Gasteiger partial charge in [0.1, 0.15) is 6.33 Å². The van der Waals surface area contributed by atoms with Gasteiger partial charge in [-0.3, -0.25) is 20.4 Å². The largest absolute Gasteiger partial charge is 0.279 e. The molecule has 2 N–H and O–H groups in total. The van der Waals surface area contributed by atoms with E-state index in [0.29, 0.717) is 10.4 Å². The van der Waals surface area contributed by atoms with Crippen molar-refractivity contribution >= 4 is 23.2 Å². The average molecular weight is 370 g/mol. The van der Waals surface area contributed by atoms with Crippen molar-refractivity contribution in [2.45, 2.75) is 26.7 Å². The van der Waals surface area contributed by atoms with Gasteiger partial charge in [-0.05, 0) is 59.7 Å². The van der Waals surface area contributed by atoms with Crippen molar-refractivity contribution < 1.29 is 9.59 Å². The molecule has 26 heavy (non-hydrogen) atoms. The summed E-state index contributed by atoms with van der Waals surface area (Å²) >= 11 is 1.43. The lowest BCUT2D eigenvalue weighted by Gasteiger charge is -2.07. The fraction of sp³-hybridized carbons (Fsp3) is 0.235. The Bertz CT molecular complexity index is 902. The number of aryl methyl sites for hydroxylation is 2. The number of hydrazine groups is 1. The van der Waals surface area contributed by atoms with Crippen LogP contribution in [0.3, 0.4) is 0 Å². The van der Waals surface area contributed by atoms with Gasteiger partial charge in [0.25, 0.3) is 11.8 Å². The maximum absolute atomic E-state index is 12.2. The molecule has 0 aliphatic heterocycles. The smallest absolute Gasteiger partial charge is 0.267 e. The van der Waals surface area contributed by atoms with Crippen LogP contribution in [-0.4, -0.2) is 32.0 Å². The van der Waals surface area contributed by atoms with E-state index in [4.69, 9.17) is 0 Å². The van der Waals surface area contributed by atoms with E-state index in [-0.39, 0.29) is 5.91 Å². The van der Waals surface area contributed by atoms with Crippen molar-refractivity contribution in [1.82, 2.24) is 31.1 Å². The van der Waals surface area contributed by atoms with Crippen LogP contribution in [0.4, 0.5) is 0 Å². The van der Waals surface area contributed by atoms with Crippen LogP contribution in [0, 0.1) is 6.92 Å². The molecule has 0 aliphatic carbocycles. The molecule has 9 heteroatoms. The lowest BCUT2D eigenvalue weighted by atomic mass is 10.1. The second kappa shape index (κ2) is 7.87. The lowest BCUT2D eigenvalue weighted by molar-refractivity contribution is 0.0849. The third-order valence-electron chi connectivity index (χ3n) is 3.80. The SMILES string of the molecule is CCCc1cc(C(=O)NNC(=O)c2ccc(-n3cnnn3)cc2)sc1C. The summed E-state index contributed by atoms with van der Waals surface area (Å²) in [5.74, 6) is -0.720. The molecular formula is C17H18N6O2S. The zero-order valence-corrected chi connectivity index (χ0v) is 15.2. The van der Waals surface area contributed by atoms with E-state index in [9.17, 15) is 9.59 Å². The molecular weight excluding hydrogens is 352 g/mol. The van der Waals surface area contributed by atoms with E-state index < -0.39 is 5.91 Å². The van der Waals surface area contributed by atoms with E-state index in [0.717, 1.165) is 23.4 Å². The van der Waals surface area contributed by atoms with Crippen LogP contribution in [0.1, 0.15) is 43.8 Å². The minimum atomic E-state index is -0.399. The molecule has 0 bridgehead atoms. The summed E-state index contributed by atoms with van der Waals surface area (Å²) in [4.78, 5) is 26.1. The highest BCUT2D eigenvalue weighted by Crippen LogP contribution is 2.22. The number of hydrogen-bond donors (Lipinski definition) is 2. The number of nitrogens with one attached hydrogen (secondary N) is 2. The highest BCUT2D eigenvalue weighted by molar-refractivity contribution is 7.14. The van der Waals surface area contributed by atoms with Gasteiger partial charge < -0.3 is 0 Å². The number of carbonyl (C=O) groups excluding carboxylic acids is 2. The minimum Gasteiger partial charge on any atom is -0.267 e. The third kappa shape index (κ3) is 3.94.